The van der Waals surface area contributed by atoms with Crippen LogP contribution in [-0.2, 0) is 22.9 Å². The molecule has 1 saturated carbocycles. The second kappa shape index (κ2) is 6.07. The van der Waals surface area contributed by atoms with Crippen LogP contribution < -0.4 is 10.0 Å². The predicted molar refractivity (Wildman–Crippen MR) is 84.8 cm³/mol. The molecular formula is C16H24N2O2S. The molecule has 0 amide bonds. The molecule has 0 aliphatic heterocycles. The van der Waals surface area contributed by atoms with E-state index < -0.39 is 10.0 Å². The van der Waals surface area contributed by atoms with Gasteiger partial charge in [-0.1, -0.05) is 24.3 Å². The Bertz CT molecular complexity index is 596. The highest BCUT2D eigenvalue weighted by Gasteiger charge is 2.29. The lowest BCUT2D eigenvalue weighted by Crippen LogP contribution is -2.45. The van der Waals surface area contributed by atoms with Crippen LogP contribution in [0, 0.1) is 0 Å². The summed E-state index contributed by atoms with van der Waals surface area (Å²) < 4.78 is 27.7. The van der Waals surface area contributed by atoms with E-state index in [2.05, 4.69) is 28.2 Å². The fourth-order valence-corrected chi connectivity index (χ4v) is 4.09. The first-order valence-electron chi connectivity index (χ1n) is 7.86. The standard InChI is InChI=1S/C16H24N2O2S/c1-12(11-17-15-8-9-15)21(19,20)18-16-7-6-13-4-2-3-5-14(13)10-16/h2-5,12,15-18H,6-11H2,1H3. The third-order valence-electron chi connectivity index (χ3n) is 4.48. The smallest absolute Gasteiger partial charge is 0.215 e. The lowest BCUT2D eigenvalue weighted by atomic mass is 9.89. The Balaban J connectivity index is 1.58. The zero-order valence-corrected chi connectivity index (χ0v) is 13.3. The van der Waals surface area contributed by atoms with Gasteiger partial charge in [-0.3, -0.25) is 0 Å². The maximum atomic E-state index is 12.4. The predicted octanol–water partition coefficient (Wildman–Crippen LogP) is 1.60. The molecule has 0 radical (unpaired) electrons. The lowest BCUT2D eigenvalue weighted by molar-refractivity contribution is 0.498. The maximum absolute atomic E-state index is 12.4. The second-order valence-corrected chi connectivity index (χ2v) is 8.49. The van der Waals surface area contributed by atoms with Gasteiger partial charge < -0.3 is 5.32 Å². The van der Waals surface area contributed by atoms with Gasteiger partial charge in [0.25, 0.3) is 0 Å². The minimum Gasteiger partial charge on any atom is -0.313 e. The molecule has 116 valence electrons. The minimum atomic E-state index is -3.24. The highest BCUT2D eigenvalue weighted by atomic mass is 32.2. The van der Waals surface area contributed by atoms with Gasteiger partial charge in [-0.2, -0.15) is 0 Å². The van der Waals surface area contributed by atoms with Crippen molar-refractivity contribution in [3.8, 4) is 0 Å². The molecule has 2 atom stereocenters. The summed E-state index contributed by atoms with van der Waals surface area (Å²) >= 11 is 0. The molecule has 0 heterocycles. The van der Waals surface area contributed by atoms with Crippen molar-refractivity contribution in [2.24, 2.45) is 0 Å². The summed E-state index contributed by atoms with van der Waals surface area (Å²) in [6.45, 7) is 2.33. The SMILES string of the molecule is CC(CNC1CC1)S(=O)(=O)NC1CCc2ccccc2C1. The topological polar surface area (TPSA) is 58.2 Å². The van der Waals surface area contributed by atoms with Crippen LogP contribution in [-0.4, -0.2) is 32.3 Å². The van der Waals surface area contributed by atoms with Crippen LogP contribution in [0.4, 0.5) is 0 Å². The fraction of sp³-hybridized carbons (Fsp3) is 0.625. The number of nitrogens with one attached hydrogen (secondary N) is 2. The summed E-state index contributed by atoms with van der Waals surface area (Å²) in [5.41, 5.74) is 2.64. The highest BCUT2D eigenvalue weighted by molar-refractivity contribution is 7.90. The van der Waals surface area contributed by atoms with Gasteiger partial charge in [0, 0.05) is 18.6 Å². The van der Waals surface area contributed by atoms with Gasteiger partial charge in [0.2, 0.25) is 10.0 Å². The number of fused-ring (bicyclic) bond motifs is 1. The van der Waals surface area contributed by atoms with Crippen LogP contribution in [0.3, 0.4) is 0 Å². The largest absolute Gasteiger partial charge is 0.313 e. The van der Waals surface area contributed by atoms with Gasteiger partial charge in [-0.05, 0) is 50.2 Å². The molecule has 1 aromatic carbocycles. The van der Waals surface area contributed by atoms with Crippen LogP contribution in [0.25, 0.3) is 0 Å². The molecule has 0 saturated heterocycles. The van der Waals surface area contributed by atoms with Crippen molar-refractivity contribution in [2.75, 3.05) is 6.54 Å². The van der Waals surface area contributed by atoms with Crippen LogP contribution in [0.1, 0.15) is 37.3 Å². The molecule has 0 spiro atoms. The summed E-state index contributed by atoms with van der Waals surface area (Å²) in [4.78, 5) is 0. The first-order valence-corrected chi connectivity index (χ1v) is 9.40. The number of hydrogen-bond donors (Lipinski definition) is 2. The first-order chi connectivity index (χ1) is 10.0. The maximum Gasteiger partial charge on any atom is 0.215 e. The Morgan fingerprint density at radius 3 is 2.57 bits per heavy atom. The van der Waals surface area contributed by atoms with Crippen molar-refractivity contribution < 1.29 is 8.42 Å². The van der Waals surface area contributed by atoms with Crippen LogP contribution in [0.5, 0.6) is 0 Å². The van der Waals surface area contributed by atoms with Crippen molar-refractivity contribution in [3.63, 3.8) is 0 Å². The van der Waals surface area contributed by atoms with E-state index in [0.29, 0.717) is 12.6 Å². The van der Waals surface area contributed by atoms with Gasteiger partial charge >= 0.3 is 0 Å². The third kappa shape index (κ3) is 3.84. The average molecular weight is 308 g/mol. The zero-order valence-electron chi connectivity index (χ0n) is 12.5. The van der Waals surface area contributed by atoms with Crippen molar-refractivity contribution in [1.29, 1.82) is 0 Å². The molecule has 0 aromatic heterocycles. The summed E-state index contributed by atoms with van der Waals surface area (Å²) in [7, 11) is -3.24. The van der Waals surface area contributed by atoms with Crippen LogP contribution in [0.15, 0.2) is 24.3 Å². The van der Waals surface area contributed by atoms with Gasteiger partial charge in [-0.15, -0.1) is 0 Å². The normalized spacial score (nSPS) is 23.6. The molecule has 2 unspecified atom stereocenters. The number of aryl methyl sites for hydroxylation is 1. The van der Waals surface area contributed by atoms with Crippen molar-refractivity contribution in [2.45, 2.75) is 56.4 Å². The number of sulfonamides is 1. The minimum absolute atomic E-state index is 0.0354. The molecule has 21 heavy (non-hydrogen) atoms. The first kappa shape index (κ1) is 15.0. The Morgan fingerprint density at radius 1 is 1.14 bits per heavy atom. The van der Waals surface area contributed by atoms with Crippen LogP contribution in [0.2, 0.25) is 0 Å². The van der Waals surface area contributed by atoms with E-state index in [4.69, 9.17) is 0 Å². The van der Waals surface area contributed by atoms with E-state index in [1.165, 1.54) is 24.0 Å². The molecule has 2 aliphatic rings. The molecule has 1 fully saturated rings. The van der Waals surface area contributed by atoms with Gasteiger partial charge in [0.1, 0.15) is 0 Å². The van der Waals surface area contributed by atoms with Gasteiger partial charge in [-0.25, -0.2) is 13.1 Å². The molecule has 0 bridgehead atoms. The van der Waals surface area contributed by atoms with E-state index in [9.17, 15) is 8.42 Å². The van der Waals surface area contributed by atoms with Crippen molar-refractivity contribution >= 4 is 10.0 Å². The Hall–Kier alpha value is -0.910. The molecular weight excluding hydrogens is 284 g/mol. The molecule has 1 aromatic rings. The zero-order chi connectivity index (χ0) is 14.9. The molecule has 3 rings (SSSR count). The van der Waals surface area contributed by atoms with Crippen molar-refractivity contribution in [3.05, 3.63) is 35.4 Å². The average Bonchev–Trinajstić information content (AvgIpc) is 3.28. The van der Waals surface area contributed by atoms with E-state index in [1.807, 2.05) is 6.07 Å². The summed E-state index contributed by atoms with van der Waals surface area (Å²) in [5, 5.41) is 2.92. The fourth-order valence-electron chi connectivity index (χ4n) is 2.88. The summed E-state index contributed by atoms with van der Waals surface area (Å²) in [5.74, 6) is 0. The quantitative estimate of drug-likeness (QED) is 0.839. The monoisotopic (exact) mass is 308 g/mol. The number of hydrogen-bond acceptors (Lipinski definition) is 3. The number of rotatable bonds is 6. The third-order valence-corrected chi connectivity index (χ3v) is 6.37. The Labute approximate surface area is 127 Å². The highest BCUT2D eigenvalue weighted by Crippen LogP contribution is 2.22. The summed E-state index contributed by atoms with van der Waals surface area (Å²) in [6, 6.07) is 8.90. The molecule has 4 nitrogen and oxygen atoms in total. The Morgan fingerprint density at radius 2 is 1.86 bits per heavy atom. The summed E-state index contributed by atoms with van der Waals surface area (Å²) in [6.07, 6.45) is 5.01. The van der Waals surface area contributed by atoms with E-state index in [1.54, 1.807) is 6.92 Å². The van der Waals surface area contributed by atoms with Crippen molar-refractivity contribution in [1.82, 2.24) is 10.0 Å². The van der Waals surface area contributed by atoms with Gasteiger partial charge in [0.15, 0.2) is 0 Å². The Kier molecular flexibility index (Phi) is 4.33. The number of benzene rings is 1. The second-order valence-electron chi connectivity index (χ2n) is 6.36. The molecule has 2 aliphatic carbocycles. The van der Waals surface area contributed by atoms with E-state index >= 15 is 0 Å². The molecule has 5 heteroatoms. The lowest BCUT2D eigenvalue weighted by Gasteiger charge is -2.26. The van der Waals surface area contributed by atoms with Crippen LogP contribution >= 0.6 is 0 Å². The van der Waals surface area contributed by atoms with E-state index in [0.717, 1.165) is 19.3 Å². The van der Waals surface area contributed by atoms with Gasteiger partial charge in [0.05, 0.1) is 5.25 Å². The molecule has 2 N–H and O–H groups in total. The van der Waals surface area contributed by atoms with E-state index in [-0.39, 0.29) is 11.3 Å².